The maximum Gasteiger partial charge on any atom is 0.0731 e. The van der Waals surface area contributed by atoms with Gasteiger partial charge in [0, 0.05) is 10.9 Å². The van der Waals surface area contributed by atoms with Crippen LogP contribution in [0.3, 0.4) is 0 Å². The van der Waals surface area contributed by atoms with Gasteiger partial charge < -0.3 is 5.73 Å². The second-order valence-corrected chi connectivity index (χ2v) is 6.58. The molecule has 2 N–H and O–H groups in total. The molecule has 0 saturated heterocycles. The second kappa shape index (κ2) is 6.89. The smallest absolute Gasteiger partial charge is 0.0731 e. The van der Waals surface area contributed by atoms with Crippen LogP contribution in [-0.2, 0) is 0 Å². The van der Waals surface area contributed by atoms with Crippen molar-refractivity contribution < 1.29 is 0 Å². The standard InChI is InChI=1S/C11H18BrNS.ClH/c1-7(2)4-5-9(13)10-6-8(3)11(12)14-10;/h6-7,9H,4-5,13H2,1-3H3;1H/t9-;/m1./s1. The summed E-state index contributed by atoms with van der Waals surface area (Å²) in [6, 6.07) is 2.41. The molecule has 1 rings (SSSR count). The van der Waals surface area contributed by atoms with Crippen molar-refractivity contribution in [3.63, 3.8) is 0 Å². The molecule has 0 fully saturated rings. The predicted molar refractivity (Wildman–Crippen MR) is 75.0 cm³/mol. The maximum absolute atomic E-state index is 6.12. The molecule has 15 heavy (non-hydrogen) atoms. The quantitative estimate of drug-likeness (QED) is 0.858. The normalized spacial score (nSPS) is 12.7. The Hall–Kier alpha value is 0.430. The van der Waals surface area contributed by atoms with Crippen LogP contribution in [0.1, 0.15) is 43.2 Å². The Morgan fingerprint density at radius 2 is 2.00 bits per heavy atom. The Balaban J connectivity index is 0.00000196. The van der Waals surface area contributed by atoms with Gasteiger partial charge in [-0.15, -0.1) is 23.7 Å². The van der Waals surface area contributed by atoms with Crippen molar-refractivity contribution in [2.24, 2.45) is 11.7 Å². The van der Waals surface area contributed by atoms with E-state index in [1.165, 1.54) is 20.6 Å². The van der Waals surface area contributed by atoms with Crippen LogP contribution >= 0.6 is 39.7 Å². The van der Waals surface area contributed by atoms with Crippen molar-refractivity contribution in [3.05, 3.63) is 20.3 Å². The third kappa shape index (κ3) is 4.85. The molecule has 1 nitrogen and oxygen atoms in total. The highest BCUT2D eigenvalue weighted by Crippen LogP contribution is 2.32. The summed E-state index contributed by atoms with van der Waals surface area (Å²) in [5, 5.41) is 0. The van der Waals surface area contributed by atoms with Gasteiger partial charge in [-0.25, -0.2) is 0 Å². The fourth-order valence-corrected chi connectivity index (χ4v) is 2.93. The summed E-state index contributed by atoms with van der Waals surface area (Å²) in [4.78, 5) is 1.30. The minimum absolute atomic E-state index is 0. The number of hydrogen-bond donors (Lipinski definition) is 1. The highest BCUT2D eigenvalue weighted by Gasteiger charge is 2.11. The summed E-state index contributed by atoms with van der Waals surface area (Å²) in [7, 11) is 0. The van der Waals surface area contributed by atoms with Crippen LogP contribution < -0.4 is 5.73 Å². The van der Waals surface area contributed by atoms with Crippen molar-refractivity contribution in [1.82, 2.24) is 0 Å². The Morgan fingerprint density at radius 3 is 2.40 bits per heavy atom. The van der Waals surface area contributed by atoms with Crippen LogP contribution in [-0.4, -0.2) is 0 Å². The van der Waals surface area contributed by atoms with Crippen LogP contribution in [0.25, 0.3) is 0 Å². The van der Waals surface area contributed by atoms with Crippen LogP contribution in [0.4, 0.5) is 0 Å². The predicted octanol–water partition coefficient (Wildman–Crippen LogP) is 4.68. The molecule has 1 aromatic heterocycles. The first-order chi connectivity index (χ1) is 6.50. The zero-order valence-corrected chi connectivity index (χ0v) is 12.6. The van der Waals surface area contributed by atoms with Gasteiger partial charge in [-0.1, -0.05) is 13.8 Å². The molecule has 0 aliphatic heterocycles. The van der Waals surface area contributed by atoms with Gasteiger partial charge in [0.25, 0.3) is 0 Å². The molecule has 1 atom stereocenters. The van der Waals surface area contributed by atoms with Crippen LogP contribution in [0.15, 0.2) is 9.85 Å². The summed E-state index contributed by atoms with van der Waals surface area (Å²) >= 11 is 5.29. The van der Waals surface area contributed by atoms with E-state index >= 15 is 0 Å². The molecule has 4 heteroatoms. The lowest BCUT2D eigenvalue weighted by atomic mass is 10.0. The lowest BCUT2D eigenvalue weighted by Gasteiger charge is -2.10. The molecule has 0 saturated carbocycles. The highest BCUT2D eigenvalue weighted by molar-refractivity contribution is 9.11. The van der Waals surface area contributed by atoms with Crippen molar-refractivity contribution in [3.8, 4) is 0 Å². The van der Waals surface area contributed by atoms with E-state index in [0.717, 1.165) is 12.3 Å². The van der Waals surface area contributed by atoms with Gasteiger partial charge in [-0.3, -0.25) is 0 Å². The number of halogens is 2. The number of hydrogen-bond acceptors (Lipinski definition) is 2. The van der Waals surface area contributed by atoms with Crippen molar-refractivity contribution in [2.75, 3.05) is 0 Å². The van der Waals surface area contributed by atoms with E-state index in [1.54, 1.807) is 11.3 Å². The largest absolute Gasteiger partial charge is 0.323 e. The monoisotopic (exact) mass is 311 g/mol. The van der Waals surface area contributed by atoms with Gasteiger partial charge >= 0.3 is 0 Å². The van der Waals surface area contributed by atoms with Gasteiger partial charge in [0.1, 0.15) is 0 Å². The first kappa shape index (κ1) is 15.4. The molecule has 0 spiro atoms. The second-order valence-electron chi connectivity index (χ2n) is 4.18. The summed E-state index contributed by atoms with van der Waals surface area (Å²) in [6.45, 7) is 6.59. The average Bonchev–Trinajstić information content (AvgIpc) is 2.43. The SMILES string of the molecule is Cc1cc([C@H](N)CCC(C)C)sc1Br.Cl. The summed E-state index contributed by atoms with van der Waals surface area (Å²) in [5.74, 6) is 0.741. The van der Waals surface area contributed by atoms with Gasteiger partial charge in [-0.2, -0.15) is 0 Å². The van der Waals surface area contributed by atoms with Crippen LogP contribution in [0.2, 0.25) is 0 Å². The minimum atomic E-state index is 0. The topological polar surface area (TPSA) is 26.0 Å². The molecule has 0 unspecified atom stereocenters. The van der Waals surface area contributed by atoms with Crippen molar-refractivity contribution in [2.45, 2.75) is 39.7 Å². The maximum atomic E-state index is 6.12. The lowest BCUT2D eigenvalue weighted by Crippen LogP contribution is -2.09. The third-order valence-corrected chi connectivity index (χ3v) is 4.57. The van der Waals surface area contributed by atoms with E-state index in [4.69, 9.17) is 5.73 Å². The highest BCUT2D eigenvalue weighted by atomic mass is 79.9. The van der Waals surface area contributed by atoms with Gasteiger partial charge in [0.2, 0.25) is 0 Å². The zero-order chi connectivity index (χ0) is 10.7. The van der Waals surface area contributed by atoms with E-state index in [9.17, 15) is 0 Å². The number of nitrogens with two attached hydrogens (primary N) is 1. The third-order valence-electron chi connectivity index (χ3n) is 2.30. The Bertz CT molecular complexity index is 279. The summed E-state index contributed by atoms with van der Waals surface area (Å²) < 4.78 is 1.22. The number of rotatable bonds is 4. The van der Waals surface area contributed by atoms with E-state index in [-0.39, 0.29) is 18.4 Å². The zero-order valence-electron chi connectivity index (χ0n) is 9.42. The molecular formula is C11H19BrClNS. The van der Waals surface area contributed by atoms with Crippen LogP contribution in [0.5, 0.6) is 0 Å². The van der Waals surface area contributed by atoms with E-state index in [1.807, 2.05) is 0 Å². The number of thiophene rings is 1. The molecule has 0 aromatic carbocycles. The molecular weight excluding hydrogens is 294 g/mol. The van der Waals surface area contributed by atoms with Crippen molar-refractivity contribution >= 4 is 39.7 Å². The van der Waals surface area contributed by atoms with Gasteiger partial charge in [-0.05, 0) is 53.2 Å². The molecule has 1 aromatic rings. The van der Waals surface area contributed by atoms with Crippen molar-refractivity contribution in [1.29, 1.82) is 0 Å². The fraction of sp³-hybridized carbons (Fsp3) is 0.636. The Morgan fingerprint density at radius 1 is 1.40 bits per heavy atom. The summed E-state index contributed by atoms with van der Waals surface area (Å²) in [6.07, 6.45) is 2.29. The fourth-order valence-electron chi connectivity index (χ4n) is 1.32. The molecule has 0 aliphatic carbocycles. The van der Waals surface area contributed by atoms with Crippen LogP contribution in [0, 0.1) is 12.8 Å². The van der Waals surface area contributed by atoms with Gasteiger partial charge in [0.05, 0.1) is 3.79 Å². The molecule has 88 valence electrons. The molecule has 1 heterocycles. The number of aryl methyl sites for hydroxylation is 1. The van der Waals surface area contributed by atoms with E-state index in [2.05, 4.69) is 42.8 Å². The van der Waals surface area contributed by atoms with E-state index in [0.29, 0.717) is 0 Å². The molecule has 0 amide bonds. The minimum Gasteiger partial charge on any atom is -0.323 e. The summed E-state index contributed by atoms with van der Waals surface area (Å²) in [5.41, 5.74) is 7.41. The Kier molecular flexibility index (Phi) is 7.09. The molecule has 0 aliphatic rings. The first-order valence-corrected chi connectivity index (χ1v) is 6.63. The first-order valence-electron chi connectivity index (χ1n) is 5.02. The molecule has 0 radical (unpaired) electrons. The van der Waals surface area contributed by atoms with Gasteiger partial charge in [0.15, 0.2) is 0 Å². The average molecular weight is 313 g/mol. The molecule has 0 bridgehead atoms. The van der Waals surface area contributed by atoms with E-state index < -0.39 is 0 Å². The Labute approximate surface area is 111 Å². The lowest BCUT2D eigenvalue weighted by molar-refractivity contribution is 0.510.